The molecule has 30 heavy (non-hydrogen) atoms. The molecule has 1 aliphatic carbocycles. The first-order chi connectivity index (χ1) is 13.6. The van der Waals surface area contributed by atoms with Crippen LogP contribution >= 0.6 is 0 Å². The molecular weight excluding hydrogens is 404 g/mol. The highest BCUT2D eigenvalue weighted by atomic mass is 28.4. The molecule has 0 aromatic carbocycles. The summed E-state index contributed by atoms with van der Waals surface area (Å²) in [5.74, 6) is 0.114. The Morgan fingerprint density at radius 1 is 1.20 bits per heavy atom. The number of unbranched alkanes of at least 4 members (excludes halogenated alkanes) is 2. The second-order valence-electron chi connectivity index (χ2n) is 11.4. The summed E-state index contributed by atoms with van der Waals surface area (Å²) in [5, 5.41) is 0.314. The lowest BCUT2D eigenvalue weighted by Gasteiger charge is -2.39. The Labute approximate surface area is 189 Å². The molecule has 0 unspecified atom stereocenters. The quantitative estimate of drug-likeness (QED) is 0.150. The molecular formula is C25H47O3Si2. The van der Waals surface area contributed by atoms with Gasteiger partial charge in [0, 0.05) is 12.3 Å². The molecule has 0 saturated heterocycles. The lowest BCUT2D eigenvalue weighted by molar-refractivity contribution is -0.115. The molecule has 0 heterocycles. The van der Waals surface area contributed by atoms with E-state index in [4.69, 9.17) is 8.85 Å². The van der Waals surface area contributed by atoms with Gasteiger partial charge >= 0.3 is 0 Å². The minimum atomic E-state index is -1.87. The third kappa shape index (κ3) is 7.88. The normalized spacial score (nSPS) is 22.5. The zero-order chi connectivity index (χ0) is 23.3. The summed E-state index contributed by atoms with van der Waals surface area (Å²) in [6.45, 7) is 26.7. The Morgan fingerprint density at radius 3 is 2.30 bits per heavy atom. The topological polar surface area (TPSA) is 35.5 Å². The van der Waals surface area contributed by atoms with E-state index in [1.165, 1.54) is 12.8 Å². The molecule has 0 aromatic rings. The number of carbonyl (C=O) groups is 1. The third-order valence-electron chi connectivity index (χ3n) is 6.81. The Bertz CT molecular complexity index is 611. The fraction of sp³-hybridized carbons (Fsp3) is 0.800. The van der Waals surface area contributed by atoms with E-state index < -0.39 is 17.4 Å². The van der Waals surface area contributed by atoms with E-state index in [1.54, 1.807) is 0 Å². The Morgan fingerprint density at radius 2 is 1.80 bits per heavy atom. The number of rotatable bonds is 10. The molecule has 1 radical (unpaired) electrons. The van der Waals surface area contributed by atoms with E-state index in [-0.39, 0.29) is 34.0 Å². The Hall–Kier alpha value is -0.496. The maximum atomic E-state index is 12.4. The second kappa shape index (κ2) is 10.9. The van der Waals surface area contributed by atoms with Gasteiger partial charge in [0.05, 0.1) is 12.2 Å². The van der Waals surface area contributed by atoms with Crippen molar-refractivity contribution in [1.29, 1.82) is 0 Å². The van der Waals surface area contributed by atoms with Crippen LogP contribution in [0.15, 0.2) is 24.3 Å². The molecule has 0 aliphatic heterocycles. The summed E-state index contributed by atoms with van der Waals surface area (Å²) in [7, 11) is -2.89. The second-order valence-corrected chi connectivity index (χ2v) is 19.0. The van der Waals surface area contributed by atoms with E-state index in [0.717, 1.165) is 12.8 Å². The Balaban J connectivity index is 3.01. The van der Waals surface area contributed by atoms with Gasteiger partial charge in [-0.25, -0.2) is 0 Å². The zero-order valence-electron chi connectivity index (χ0n) is 21.4. The Kier molecular flexibility index (Phi) is 9.99. The number of ketones is 1. The zero-order valence-corrected chi connectivity index (χ0v) is 23.4. The maximum absolute atomic E-state index is 12.4. The van der Waals surface area contributed by atoms with Crippen LogP contribution in [-0.2, 0) is 13.6 Å². The van der Waals surface area contributed by atoms with Crippen molar-refractivity contribution in [2.24, 2.45) is 5.92 Å². The van der Waals surface area contributed by atoms with Crippen molar-refractivity contribution in [2.45, 2.75) is 122 Å². The number of carbonyl (C=O) groups excluding carboxylic acids is 1. The monoisotopic (exact) mass is 451 g/mol. The largest absolute Gasteiger partial charge is 0.412 e. The van der Waals surface area contributed by atoms with Crippen LogP contribution < -0.4 is 0 Å². The molecule has 1 rings (SSSR count). The van der Waals surface area contributed by atoms with Gasteiger partial charge in [-0.2, -0.15) is 0 Å². The van der Waals surface area contributed by atoms with E-state index in [0.29, 0.717) is 12.0 Å². The summed E-state index contributed by atoms with van der Waals surface area (Å²) in [4.78, 5) is 12.4. The van der Waals surface area contributed by atoms with E-state index >= 15 is 0 Å². The molecule has 0 N–H and O–H groups in total. The molecule has 173 valence electrons. The van der Waals surface area contributed by atoms with Crippen molar-refractivity contribution >= 4 is 23.1 Å². The van der Waals surface area contributed by atoms with Crippen LogP contribution in [0, 0.1) is 5.92 Å². The molecule has 3 atom stereocenters. The van der Waals surface area contributed by atoms with E-state index in [1.807, 2.05) is 0 Å². The van der Waals surface area contributed by atoms with Crippen molar-refractivity contribution in [1.82, 2.24) is 0 Å². The molecule has 0 amide bonds. The van der Waals surface area contributed by atoms with Crippen LogP contribution in [0.3, 0.4) is 0 Å². The summed E-state index contributed by atoms with van der Waals surface area (Å²) in [6, 6.07) is 0. The van der Waals surface area contributed by atoms with Gasteiger partial charge in [0.2, 0.25) is 9.04 Å². The smallest absolute Gasteiger partial charge is 0.214 e. The van der Waals surface area contributed by atoms with Crippen LogP contribution in [0.5, 0.6) is 0 Å². The first-order valence-corrected chi connectivity index (χ1v) is 16.5. The highest BCUT2D eigenvalue weighted by Gasteiger charge is 2.40. The van der Waals surface area contributed by atoms with Crippen molar-refractivity contribution in [3.63, 3.8) is 0 Å². The standard InChI is InChI=1S/C25H47O3Si2/c1-12-13-14-15-20(28-30(10,11)25(6,7)8)16-17-21-19(2)22(26)18-23(21)27-29(9)24(3,4)5/h16-17,20-21,23H,2,12-15,18H2,1,3-11H3/b17-16+/t20-,21+,23+/m0/s1. The molecule has 1 aliphatic rings. The predicted molar refractivity (Wildman–Crippen MR) is 134 cm³/mol. The van der Waals surface area contributed by atoms with Gasteiger partial charge in [0.25, 0.3) is 0 Å². The SMILES string of the molecule is C=C1C(=O)C[C@@H](O[Si](C)C(C)(C)C)[C@@H]1/C=C/[C@H](CCCCC)O[Si](C)(C)C(C)(C)C. The molecule has 0 bridgehead atoms. The van der Waals surface area contributed by atoms with Crippen LogP contribution in [0.25, 0.3) is 0 Å². The van der Waals surface area contributed by atoms with Gasteiger partial charge in [-0.15, -0.1) is 0 Å². The van der Waals surface area contributed by atoms with Crippen molar-refractivity contribution < 1.29 is 13.6 Å². The van der Waals surface area contributed by atoms with Gasteiger partial charge in [-0.1, -0.05) is 86.5 Å². The lowest BCUT2D eigenvalue weighted by Crippen LogP contribution is -2.43. The van der Waals surface area contributed by atoms with Crippen LogP contribution in [0.2, 0.25) is 29.7 Å². The van der Waals surface area contributed by atoms with Crippen LogP contribution in [0.1, 0.15) is 80.6 Å². The lowest BCUT2D eigenvalue weighted by atomic mass is 10.00. The van der Waals surface area contributed by atoms with Gasteiger partial charge in [0.1, 0.15) is 0 Å². The highest BCUT2D eigenvalue weighted by molar-refractivity contribution is 6.74. The predicted octanol–water partition coefficient (Wildman–Crippen LogP) is 7.47. The summed E-state index contributed by atoms with van der Waals surface area (Å²) >= 11 is 0. The average Bonchev–Trinajstić information content (AvgIpc) is 2.84. The first kappa shape index (κ1) is 27.5. The van der Waals surface area contributed by atoms with Gasteiger partial charge in [-0.3, -0.25) is 4.79 Å². The number of hydrogen-bond donors (Lipinski definition) is 0. The van der Waals surface area contributed by atoms with Crippen molar-refractivity contribution in [2.75, 3.05) is 0 Å². The molecule has 5 heteroatoms. The van der Waals surface area contributed by atoms with Crippen LogP contribution in [-0.4, -0.2) is 35.3 Å². The minimum absolute atomic E-state index is 0.0310. The summed E-state index contributed by atoms with van der Waals surface area (Å²) < 4.78 is 13.2. The molecule has 1 saturated carbocycles. The number of Topliss-reactive ketones (excluding diaryl/α,β-unsaturated/α-hetero) is 1. The fourth-order valence-electron chi connectivity index (χ4n) is 3.20. The summed E-state index contributed by atoms with van der Waals surface area (Å²) in [6.07, 6.45) is 9.46. The molecule has 1 fully saturated rings. The summed E-state index contributed by atoms with van der Waals surface area (Å²) in [5.41, 5.74) is 0.694. The molecule has 0 spiro atoms. The third-order valence-corrected chi connectivity index (χ3v) is 14.1. The molecule has 3 nitrogen and oxygen atoms in total. The van der Waals surface area contributed by atoms with Crippen molar-refractivity contribution in [3.8, 4) is 0 Å². The minimum Gasteiger partial charge on any atom is -0.412 e. The van der Waals surface area contributed by atoms with Gasteiger partial charge in [-0.05, 0) is 41.7 Å². The van der Waals surface area contributed by atoms with Gasteiger partial charge in [0.15, 0.2) is 14.1 Å². The first-order valence-electron chi connectivity index (χ1n) is 11.7. The molecule has 0 aromatic heterocycles. The van der Waals surface area contributed by atoms with E-state index in [2.05, 4.69) is 86.8 Å². The van der Waals surface area contributed by atoms with E-state index in [9.17, 15) is 4.79 Å². The fourth-order valence-corrected chi connectivity index (χ4v) is 5.54. The highest BCUT2D eigenvalue weighted by Crippen LogP contribution is 2.39. The number of hydrogen-bond acceptors (Lipinski definition) is 3. The average molecular weight is 452 g/mol. The van der Waals surface area contributed by atoms with Gasteiger partial charge < -0.3 is 8.85 Å². The van der Waals surface area contributed by atoms with Crippen molar-refractivity contribution in [3.05, 3.63) is 24.3 Å². The maximum Gasteiger partial charge on any atom is 0.214 e. The van der Waals surface area contributed by atoms with Crippen LogP contribution in [0.4, 0.5) is 0 Å².